The second-order valence-electron chi connectivity index (χ2n) is 7.81. The number of benzene rings is 1. The fraction of sp³-hybridized carbons (Fsp3) is 0.500. The van der Waals surface area contributed by atoms with Crippen LogP contribution in [0.15, 0.2) is 36.7 Å². The summed E-state index contributed by atoms with van der Waals surface area (Å²) in [5.41, 5.74) is 3.91. The van der Waals surface area contributed by atoms with Gasteiger partial charge in [0.05, 0.1) is 5.69 Å². The highest BCUT2D eigenvalue weighted by Gasteiger charge is 2.24. The number of hydrogen-bond donors (Lipinski definition) is 1. The highest BCUT2D eigenvalue weighted by Crippen LogP contribution is 2.24. The Balaban J connectivity index is 1.40. The normalized spacial score (nSPS) is 18.1. The van der Waals surface area contributed by atoms with Crippen LogP contribution in [0.2, 0.25) is 0 Å². The van der Waals surface area contributed by atoms with Gasteiger partial charge in [-0.3, -0.25) is 9.69 Å². The highest BCUT2D eigenvalue weighted by molar-refractivity contribution is 5.93. The predicted molar refractivity (Wildman–Crippen MR) is 105 cm³/mol. The summed E-state index contributed by atoms with van der Waals surface area (Å²) < 4.78 is 0. The number of carbonyl (C=O) groups excluding carboxylic acids is 1. The zero-order valence-electron chi connectivity index (χ0n) is 15.9. The van der Waals surface area contributed by atoms with Gasteiger partial charge in [-0.25, -0.2) is 9.97 Å². The molecule has 0 atom stereocenters. The number of amides is 1. The first-order valence-electron chi connectivity index (χ1n) is 10.2. The maximum atomic E-state index is 12.7. The van der Waals surface area contributed by atoms with Crippen molar-refractivity contribution in [3.63, 3.8) is 0 Å². The Kier molecular flexibility index (Phi) is 5.78. The minimum absolute atomic E-state index is 0.0317. The van der Waals surface area contributed by atoms with Crippen LogP contribution in [-0.4, -0.2) is 33.9 Å². The summed E-state index contributed by atoms with van der Waals surface area (Å²) >= 11 is 0. The lowest BCUT2D eigenvalue weighted by Gasteiger charge is -2.28. The summed E-state index contributed by atoms with van der Waals surface area (Å²) in [5, 5.41) is 3.13. The molecule has 2 heterocycles. The molecule has 5 nitrogen and oxygen atoms in total. The van der Waals surface area contributed by atoms with Gasteiger partial charge in [0.25, 0.3) is 5.91 Å². The van der Waals surface area contributed by atoms with Crippen LogP contribution in [0.1, 0.15) is 59.4 Å². The third-order valence-electron chi connectivity index (χ3n) is 5.83. The largest absolute Gasteiger partial charge is 0.350 e. The van der Waals surface area contributed by atoms with E-state index in [2.05, 4.69) is 44.5 Å². The fourth-order valence-corrected chi connectivity index (χ4v) is 4.29. The van der Waals surface area contributed by atoms with Crippen molar-refractivity contribution >= 4 is 5.91 Å². The maximum Gasteiger partial charge on any atom is 0.270 e. The van der Waals surface area contributed by atoms with Crippen molar-refractivity contribution in [3.05, 3.63) is 59.2 Å². The molecule has 1 aliphatic heterocycles. The van der Waals surface area contributed by atoms with Gasteiger partial charge in [0.15, 0.2) is 0 Å². The minimum Gasteiger partial charge on any atom is -0.350 e. The Bertz CT molecular complexity index is 771. The molecule has 2 aliphatic rings. The van der Waals surface area contributed by atoms with Crippen molar-refractivity contribution in [1.82, 2.24) is 20.2 Å². The first kappa shape index (κ1) is 18.1. The molecule has 1 aromatic heterocycles. The van der Waals surface area contributed by atoms with Gasteiger partial charge in [0, 0.05) is 31.7 Å². The molecular formula is C22H28N4O. The van der Waals surface area contributed by atoms with Crippen molar-refractivity contribution in [2.75, 3.05) is 13.1 Å². The van der Waals surface area contributed by atoms with Crippen molar-refractivity contribution < 1.29 is 4.79 Å². The molecule has 2 aromatic rings. The van der Waals surface area contributed by atoms with Crippen molar-refractivity contribution in [2.24, 2.45) is 5.92 Å². The quantitative estimate of drug-likeness (QED) is 0.884. The SMILES string of the molecule is O=C(NCC1CCCCC1)c1ncnc2c1CCN(Cc1ccccc1)C2. The van der Waals surface area contributed by atoms with Crippen molar-refractivity contribution in [2.45, 2.75) is 51.6 Å². The molecule has 0 saturated heterocycles. The number of nitrogens with one attached hydrogen (secondary N) is 1. The number of hydrogen-bond acceptors (Lipinski definition) is 4. The van der Waals surface area contributed by atoms with E-state index in [0.29, 0.717) is 11.6 Å². The van der Waals surface area contributed by atoms with Gasteiger partial charge in [-0.05, 0) is 30.7 Å². The van der Waals surface area contributed by atoms with E-state index < -0.39 is 0 Å². The third kappa shape index (κ3) is 4.53. The molecule has 1 fully saturated rings. The summed E-state index contributed by atoms with van der Waals surface area (Å²) in [5.74, 6) is 0.595. The van der Waals surface area contributed by atoms with Crippen LogP contribution in [0.3, 0.4) is 0 Å². The van der Waals surface area contributed by atoms with E-state index in [1.165, 1.54) is 37.7 Å². The summed E-state index contributed by atoms with van der Waals surface area (Å²) in [4.78, 5) is 23.9. The van der Waals surface area contributed by atoms with Gasteiger partial charge < -0.3 is 5.32 Å². The van der Waals surface area contributed by atoms with Crippen LogP contribution in [0.5, 0.6) is 0 Å². The molecule has 1 N–H and O–H groups in total. The number of aromatic nitrogens is 2. The van der Waals surface area contributed by atoms with Crippen LogP contribution in [-0.2, 0) is 19.5 Å². The molecule has 142 valence electrons. The Hall–Kier alpha value is -2.27. The van der Waals surface area contributed by atoms with Gasteiger partial charge in [-0.2, -0.15) is 0 Å². The van der Waals surface area contributed by atoms with Crippen molar-refractivity contribution in [3.8, 4) is 0 Å². The Labute approximate surface area is 161 Å². The van der Waals surface area contributed by atoms with E-state index in [1.807, 2.05) is 6.07 Å². The first-order valence-corrected chi connectivity index (χ1v) is 10.2. The zero-order valence-corrected chi connectivity index (χ0v) is 15.9. The summed E-state index contributed by atoms with van der Waals surface area (Å²) in [6, 6.07) is 10.5. The second kappa shape index (κ2) is 8.61. The van der Waals surface area contributed by atoms with E-state index in [-0.39, 0.29) is 5.91 Å². The second-order valence-corrected chi connectivity index (χ2v) is 7.81. The standard InChI is InChI=1S/C22H28N4O/c27-22(23-13-17-7-3-1-4-8-17)21-19-11-12-26(15-20(19)24-16-25-21)14-18-9-5-2-6-10-18/h2,5-6,9-10,16-17H,1,3-4,7-8,11-15H2,(H,23,27). The monoisotopic (exact) mass is 364 g/mol. The van der Waals surface area contributed by atoms with Crippen LogP contribution in [0.25, 0.3) is 0 Å². The molecule has 5 heteroatoms. The van der Waals surface area contributed by atoms with Crippen LogP contribution >= 0.6 is 0 Å². The molecule has 0 radical (unpaired) electrons. The van der Waals surface area contributed by atoms with Crippen LogP contribution < -0.4 is 5.32 Å². The lowest BCUT2D eigenvalue weighted by atomic mass is 9.89. The minimum atomic E-state index is -0.0317. The fourth-order valence-electron chi connectivity index (χ4n) is 4.29. The Morgan fingerprint density at radius 1 is 1.11 bits per heavy atom. The number of carbonyl (C=O) groups is 1. The van der Waals surface area contributed by atoms with Gasteiger partial charge >= 0.3 is 0 Å². The van der Waals surface area contributed by atoms with E-state index in [4.69, 9.17) is 0 Å². The summed E-state index contributed by atoms with van der Waals surface area (Å²) in [7, 11) is 0. The molecule has 1 aromatic carbocycles. The lowest BCUT2D eigenvalue weighted by molar-refractivity contribution is 0.0935. The molecule has 27 heavy (non-hydrogen) atoms. The number of fused-ring (bicyclic) bond motifs is 1. The van der Waals surface area contributed by atoms with Gasteiger partial charge in [0.1, 0.15) is 12.0 Å². The van der Waals surface area contributed by atoms with Crippen LogP contribution in [0, 0.1) is 5.92 Å². The van der Waals surface area contributed by atoms with Crippen LogP contribution in [0.4, 0.5) is 0 Å². The molecule has 4 rings (SSSR count). The third-order valence-corrected chi connectivity index (χ3v) is 5.83. The Morgan fingerprint density at radius 3 is 2.74 bits per heavy atom. The lowest BCUT2D eigenvalue weighted by Crippen LogP contribution is -2.35. The van der Waals surface area contributed by atoms with E-state index in [0.717, 1.165) is 43.9 Å². The maximum absolute atomic E-state index is 12.7. The molecule has 1 saturated carbocycles. The molecule has 0 bridgehead atoms. The first-order chi connectivity index (χ1) is 13.3. The summed E-state index contributed by atoms with van der Waals surface area (Å²) in [6.45, 7) is 3.39. The molecule has 0 spiro atoms. The molecule has 0 unspecified atom stereocenters. The number of nitrogens with zero attached hydrogens (tertiary/aromatic N) is 3. The molecular weight excluding hydrogens is 336 g/mol. The van der Waals surface area contributed by atoms with Gasteiger partial charge in [0.2, 0.25) is 0 Å². The van der Waals surface area contributed by atoms with Gasteiger partial charge in [-0.15, -0.1) is 0 Å². The smallest absolute Gasteiger partial charge is 0.270 e. The summed E-state index contributed by atoms with van der Waals surface area (Å²) in [6.07, 6.45) is 8.76. The van der Waals surface area contributed by atoms with E-state index in [9.17, 15) is 4.79 Å². The highest BCUT2D eigenvalue weighted by atomic mass is 16.1. The molecule has 1 amide bonds. The predicted octanol–water partition coefficient (Wildman–Crippen LogP) is 3.35. The average molecular weight is 364 g/mol. The van der Waals surface area contributed by atoms with E-state index >= 15 is 0 Å². The zero-order chi connectivity index (χ0) is 18.5. The Morgan fingerprint density at radius 2 is 1.93 bits per heavy atom. The average Bonchev–Trinajstić information content (AvgIpc) is 2.73. The number of rotatable bonds is 5. The van der Waals surface area contributed by atoms with Gasteiger partial charge in [-0.1, -0.05) is 49.6 Å². The van der Waals surface area contributed by atoms with Crippen molar-refractivity contribution in [1.29, 1.82) is 0 Å². The topological polar surface area (TPSA) is 58.1 Å². The van der Waals surface area contributed by atoms with E-state index in [1.54, 1.807) is 6.33 Å². The molecule has 1 aliphatic carbocycles.